The van der Waals surface area contributed by atoms with Crippen molar-refractivity contribution in [2.75, 3.05) is 39.4 Å². The van der Waals surface area contributed by atoms with Crippen LogP contribution in [-0.2, 0) is 4.74 Å². The van der Waals surface area contributed by atoms with Crippen LogP contribution in [0.4, 0.5) is 0 Å². The molecule has 33 heavy (non-hydrogen) atoms. The Bertz CT molecular complexity index is 1120. The lowest BCUT2D eigenvalue weighted by molar-refractivity contribution is 0.0347. The van der Waals surface area contributed by atoms with Gasteiger partial charge in [0.25, 0.3) is 0 Å². The Labute approximate surface area is 208 Å². The maximum Gasteiger partial charge on any atom is 0.170 e. The molecule has 172 valence electrons. The molecule has 2 aliphatic heterocycles. The van der Waals surface area contributed by atoms with Gasteiger partial charge in [0.05, 0.1) is 35.0 Å². The predicted molar refractivity (Wildman–Crippen MR) is 134 cm³/mol. The van der Waals surface area contributed by atoms with Gasteiger partial charge >= 0.3 is 0 Å². The van der Waals surface area contributed by atoms with E-state index in [1.165, 1.54) is 0 Å². The highest BCUT2D eigenvalue weighted by molar-refractivity contribution is 7.80. The summed E-state index contributed by atoms with van der Waals surface area (Å²) in [5.74, 6) is 1.55. The van der Waals surface area contributed by atoms with E-state index < -0.39 is 0 Å². The summed E-state index contributed by atoms with van der Waals surface area (Å²) in [4.78, 5) is 9.21. The second kappa shape index (κ2) is 9.99. The molecule has 0 saturated carbocycles. The Morgan fingerprint density at radius 2 is 1.88 bits per heavy atom. The summed E-state index contributed by atoms with van der Waals surface area (Å²) in [6.07, 6.45) is 1.80. The molecule has 2 aliphatic rings. The first-order valence-electron chi connectivity index (χ1n) is 10.9. The molecule has 5 rings (SSSR count). The number of ether oxygens (including phenoxy) is 1. The molecule has 1 aromatic carbocycles. The van der Waals surface area contributed by atoms with Gasteiger partial charge in [0.2, 0.25) is 0 Å². The largest absolute Gasteiger partial charge is 0.459 e. The molecule has 2 fully saturated rings. The highest BCUT2D eigenvalue weighted by atomic mass is 35.5. The van der Waals surface area contributed by atoms with E-state index in [9.17, 15) is 0 Å². The fourth-order valence-corrected chi connectivity index (χ4v) is 4.98. The van der Waals surface area contributed by atoms with Crippen molar-refractivity contribution in [1.29, 1.82) is 0 Å². The summed E-state index contributed by atoms with van der Waals surface area (Å²) in [5, 5.41) is 5.19. The molecule has 1 N–H and O–H groups in total. The Kier molecular flexibility index (Phi) is 6.85. The van der Waals surface area contributed by atoms with E-state index >= 15 is 0 Å². The molecule has 4 heterocycles. The normalized spacial score (nSPS) is 21.4. The van der Waals surface area contributed by atoms with Crippen molar-refractivity contribution in [3.63, 3.8) is 0 Å². The fraction of sp³-hybridized carbons (Fsp3) is 0.333. The summed E-state index contributed by atoms with van der Waals surface area (Å²) in [6, 6.07) is 15.2. The number of furan rings is 1. The van der Waals surface area contributed by atoms with Crippen molar-refractivity contribution in [3.05, 3.63) is 76.2 Å². The number of hydrogen-bond donors (Lipinski definition) is 1. The summed E-state index contributed by atoms with van der Waals surface area (Å²) in [5.41, 5.74) is 1.80. The minimum Gasteiger partial charge on any atom is -0.459 e. The Hall–Kier alpha value is -2.16. The van der Waals surface area contributed by atoms with Crippen molar-refractivity contribution >= 4 is 40.5 Å². The smallest absolute Gasteiger partial charge is 0.170 e. The minimum atomic E-state index is -0.120. The standard InChI is InChI=1S/C24H24Cl2N4O2S/c25-17-5-4-16(15-18(17)26)20-6-7-21(32-20)23-22(19-3-1-2-8-27-19)28-24(33)30(23)10-9-29-11-13-31-14-12-29/h1-8,15,22-23H,9-14H2,(H,28,33)/t22-,23+/m1/s1. The van der Waals surface area contributed by atoms with Gasteiger partial charge in [-0.3, -0.25) is 9.88 Å². The van der Waals surface area contributed by atoms with E-state index in [1.807, 2.05) is 42.5 Å². The van der Waals surface area contributed by atoms with Gasteiger partial charge in [-0.05, 0) is 54.7 Å². The van der Waals surface area contributed by atoms with Crippen molar-refractivity contribution < 1.29 is 9.15 Å². The molecule has 9 heteroatoms. The molecule has 2 atom stereocenters. The molecule has 0 spiro atoms. The molecule has 0 bridgehead atoms. The van der Waals surface area contributed by atoms with E-state index in [1.54, 1.807) is 12.3 Å². The lowest BCUT2D eigenvalue weighted by Gasteiger charge is -2.31. The van der Waals surface area contributed by atoms with Crippen LogP contribution in [0.2, 0.25) is 10.0 Å². The van der Waals surface area contributed by atoms with Gasteiger partial charge in [-0.15, -0.1) is 0 Å². The molecule has 0 aliphatic carbocycles. The van der Waals surface area contributed by atoms with Crippen LogP contribution in [0.3, 0.4) is 0 Å². The molecule has 6 nitrogen and oxygen atoms in total. The summed E-state index contributed by atoms with van der Waals surface area (Å²) in [6.45, 7) is 5.09. The van der Waals surface area contributed by atoms with Crippen LogP contribution in [-0.4, -0.2) is 59.3 Å². The number of morpholine rings is 1. The van der Waals surface area contributed by atoms with Crippen molar-refractivity contribution in [3.8, 4) is 11.3 Å². The van der Waals surface area contributed by atoms with Crippen molar-refractivity contribution in [1.82, 2.24) is 20.1 Å². The highest BCUT2D eigenvalue weighted by Gasteiger charge is 2.41. The number of rotatable bonds is 6. The minimum absolute atomic E-state index is 0.115. The second-order valence-corrected chi connectivity index (χ2v) is 9.31. The number of aromatic nitrogens is 1. The van der Waals surface area contributed by atoms with Crippen LogP contribution < -0.4 is 5.32 Å². The van der Waals surface area contributed by atoms with Gasteiger partial charge in [-0.1, -0.05) is 29.3 Å². The molecule has 2 aromatic heterocycles. The monoisotopic (exact) mass is 502 g/mol. The number of halogens is 2. The number of thiocarbonyl (C=S) groups is 1. The third-order valence-electron chi connectivity index (χ3n) is 6.08. The first-order valence-corrected chi connectivity index (χ1v) is 12.1. The summed E-state index contributed by atoms with van der Waals surface area (Å²) < 4.78 is 11.9. The van der Waals surface area contributed by atoms with Gasteiger partial charge < -0.3 is 19.4 Å². The highest BCUT2D eigenvalue weighted by Crippen LogP contribution is 2.40. The van der Waals surface area contributed by atoms with Crippen LogP contribution >= 0.6 is 35.4 Å². The first kappa shape index (κ1) is 22.6. The lowest BCUT2D eigenvalue weighted by atomic mass is 10.0. The number of pyridine rings is 1. The number of nitrogens with zero attached hydrogens (tertiary/aromatic N) is 3. The van der Waals surface area contributed by atoms with Crippen LogP contribution in [0.5, 0.6) is 0 Å². The summed E-state index contributed by atoms with van der Waals surface area (Å²) >= 11 is 18.1. The maximum absolute atomic E-state index is 6.37. The Balaban J connectivity index is 1.45. The zero-order valence-corrected chi connectivity index (χ0v) is 20.2. The van der Waals surface area contributed by atoms with Crippen molar-refractivity contribution in [2.24, 2.45) is 0 Å². The zero-order valence-electron chi connectivity index (χ0n) is 17.9. The van der Waals surface area contributed by atoms with E-state index in [-0.39, 0.29) is 12.1 Å². The zero-order chi connectivity index (χ0) is 22.8. The van der Waals surface area contributed by atoms with Crippen LogP contribution in [0.1, 0.15) is 23.5 Å². The molecule has 2 saturated heterocycles. The average Bonchev–Trinajstić information content (AvgIpc) is 3.45. The van der Waals surface area contributed by atoms with E-state index in [2.05, 4.69) is 20.1 Å². The van der Waals surface area contributed by atoms with Crippen LogP contribution in [0.25, 0.3) is 11.3 Å². The third-order valence-corrected chi connectivity index (χ3v) is 7.17. The van der Waals surface area contributed by atoms with Gasteiger partial charge in [0.15, 0.2) is 5.11 Å². The SMILES string of the molecule is S=C1N[C@H](c2ccccn2)[C@H](c2ccc(-c3ccc(Cl)c(Cl)c3)o2)N1CCN1CCOCC1. The van der Waals surface area contributed by atoms with Gasteiger partial charge in [0.1, 0.15) is 17.6 Å². The number of benzene rings is 1. The van der Waals surface area contributed by atoms with Crippen molar-refractivity contribution in [2.45, 2.75) is 12.1 Å². The Morgan fingerprint density at radius 1 is 1.03 bits per heavy atom. The quantitative estimate of drug-likeness (QED) is 0.478. The van der Waals surface area contributed by atoms with Gasteiger partial charge in [-0.25, -0.2) is 0 Å². The van der Waals surface area contributed by atoms with Gasteiger partial charge in [-0.2, -0.15) is 0 Å². The third kappa shape index (κ3) is 4.88. The molecular weight excluding hydrogens is 479 g/mol. The van der Waals surface area contributed by atoms with Crippen LogP contribution in [0, 0.1) is 0 Å². The topological polar surface area (TPSA) is 53.8 Å². The van der Waals surface area contributed by atoms with E-state index in [0.717, 1.165) is 62.2 Å². The second-order valence-electron chi connectivity index (χ2n) is 8.10. The fourth-order valence-electron chi connectivity index (χ4n) is 4.35. The lowest BCUT2D eigenvalue weighted by Crippen LogP contribution is -2.42. The van der Waals surface area contributed by atoms with E-state index in [0.29, 0.717) is 15.2 Å². The number of hydrogen-bond acceptors (Lipinski definition) is 5. The maximum atomic E-state index is 6.37. The molecule has 0 unspecified atom stereocenters. The van der Waals surface area contributed by atoms with E-state index in [4.69, 9.17) is 44.6 Å². The molecule has 0 amide bonds. The van der Waals surface area contributed by atoms with Gasteiger partial charge in [0, 0.05) is 37.9 Å². The summed E-state index contributed by atoms with van der Waals surface area (Å²) in [7, 11) is 0. The average molecular weight is 503 g/mol. The Morgan fingerprint density at radius 3 is 2.64 bits per heavy atom. The first-order chi connectivity index (χ1) is 16.1. The predicted octanol–water partition coefficient (Wildman–Crippen LogP) is 4.95. The molecule has 3 aromatic rings. The molecule has 0 radical (unpaired) electrons. The van der Waals surface area contributed by atoms with Crippen LogP contribution in [0.15, 0.2) is 59.1 Å². The number of nitrogens with one attached hydrogen (secondary N) is 1. The molecular formula is C24H24Cl2N4O2S.